The first kappa shape index (κ1) is 23.4. The molecule has 5 N–H and O–H groups in total. The summed E-state index contributed by atoms with van der Waals surface area (Å²) >= 11 is 0. The number of rotatable bonds is 3. The second-order valence-corrected chi connectivity index (χ2v) is 6.86. The first-order chi connectivity index (χ1) is 14.0. The van der Waals surface area contributed by atoms with Crippen molar-refractivity contribution in [1.29, 1.82) is 0 Å². The van der Waals surface area contributed by atoms with Crippen LogP contribution in [0.1, 0.15) is 33.3 Å². The Kier molecular flexibility index (Phi) is 7.26. The van der Waals surface area contributed by atoms with Crippen molar-refractivity contribution < 1.29 is 34.3 Å². The van der Waals surface area contributed by atoms with Gasteiger partial charge in [-0.15, -0.1) is 0 Å². The van der Waals surface area contributed by atoms with Crippen LogP contribution in [0.5, 0.6) is 0 Å². The molecule has 1 saturated heterocycles. The molecule has 1 aliphatic heterocycles. The van der Waals surface area contributed by atoms with Crippen LogP contribution in [0.2, 0.25) is 0 Å². The SMILES string of the molecule is Cc1ccc(C(=O)O)c(C)c1C.O=c1[nH]c(=O)n([C@@H]2O[C@H](CO)[C@@H](O)[C@H]2O)cc1F. The van der Waals surface area contributed by atoms with Crippen molar-refractivity contribution in [2.75, 3.05) is 6.61 Å². The van der Waals surface area contributed by atoms with E-state index in [-0.39, 0.29) is 0 Å². The Balaban J connectivity index is 0.000000232. The van der Waals surface area contributed by atoms with Gasteiger partial charge in [0.05, 0.1) is 18.4 Å². The lowest BCUT2D eigenvalue weighted by atomic mass is 9.99. The molecule has 1 aliphatic rings. The summed E-state index contributed by atoms with van der Waals surface area (Å²) < 4.78 is 18.7. The van der Waals surface area contributed by atoms with Crippen molar-refractivity contribution in [3.05, 3.63) is 67.2 Å². The molecule has 1 aromatic carbocycles. The Bertz CT molecular complexity index is 1050. The summed E-state index contributed by atoms with van der Waals surface area (Å²) in [5.41, 5.74) is 1.28. The number of ether oxygens (including phenoxy) is 1. The number of aromatic carboxylic acids is 1. The highest BCUT2D eigenvalue weighted by Crippen LogP contribution is 2.27. The topological polar surface area (TPSA) is 162 Å². The van der Waals surface area contributed by atoms with Gasteiger partial charge in [0.1, 0.15) is 18.3 Å². The Labute approximate surface area is 169 Å². The number of halogens is 1. The number of nitrogens with one attached hydrogen (secondary N) is 1. The minimum atomic E-state index is -1.52. The number of aliphatic hydroxyl groups is 3. The van der Waals surface area contributed by atoms with Gasteiger partial charge in [-0.3, -0.25) is 14.3 Å². The quantitative estimate of drug-likeness (QED) is 0.443. The molecule has 10 nitrogen and oxygen atoms in total. The molecule has 0 amide bonds. The lowest BCUT2D eigenvalue weighted by molar-refractivity contribution is -0.0554. The standard InChI is InChI=1S/C10H12O2.C9H11FN2O6/c1-6-4-5-9(10(11)12)8(3)7(6)2;10-3-1-12(9(17)11-7(3)16)8-6(15)5(14)4(2-13)18-8/h4-5H,1-3H3,(H,11,12);1,4-6,8,13-15H,2H2,(H,11,16,17)/t;4-,5-,6-,8-/m.1/s1. The summed E-state index contributed by atoms with van der Waals surface area (Å²) in [6.45, 7) is 5.19. The predicted octanol–water partition coefficient (Wildman–Crippen LogP) is -0.403. The largest absolute Gasteiger partial charge is 0.478 e. The average Bonchev–Trinajstić information content (AvgIpc) is 2.97. The van der Waals surface area contributed by atoms with Crippen LogP contribution in [0.15, 0.2) is 27.9 Å². The molecule has 0 spiro atoms. The summed E-state index contributed by atoms with van der Waals surface area (Å²) in [5, 5.41) is 36.8. The lowest BCUT2D eigenvalue weighted by Gasteiger charge is -2.16. The van der Waals surface area contributed by atoms with Gasteiger partial charge in [-0.2, -0.15) is 4.39 Å². The third-order valence-corrected chi connectivity index (χ3v) is 5.00. The van der Waals surface area contributed by atoms with Crippen molar-refractivity contribution in [3.8, 4) is 0 Å². The van der Waals surface area contributed by atoms with Gasteiger partial charge < -0.3 is 25.2 Å². The van der Waals surface area contributed by atoms with Crippen molar-refractivity contribution in [3.63, 3.8) is 0 Å². The minimum absolute atomic E-state index is 0.401. The van der Waals surface area contributed by atoms with Gasteiger partial charge in [-0.25, -0.2) is 9.59 Å². The fraction of sp³-hybridized carbons (Fsp3) is 0.421. The van der Waals surface area contributed by atoms with Gasteiger partial charge in [-0.1, -0.05) is 6.07 Å². The number of aromatic amines is 1. The van der Waals surface area contributed by atoms with Gasteiger partial charge >= 0.3 is 11.7 Å². The number of aryl methyl sites for hydroxylation is 1. The Morgan fingerprint density at radius 3 is 2.33 bits per heavy atom. The zero-order chi connectivity index (χ0) is 22.7. The molecular formula is C19H23FN2O8. The van der Waals surface area contributed by atoms with E-state index in [1.54, 1.807) is 11.1 Å². The predicted molar refractivity (Wildman–Crippen MR) is 102 cm³/mol. The maximum Gasteiger partial charge on any atom is 0.335 e. The molecule has 2 aromatic rings. The number of nitrogens with zero attached hydrogens (tertiary/aromatic N) is 1. The van der Waals surface area contributed by atoms with Crippen LogP contribution < -0.4 is 11.2 Å². The number of benzene rings is 1. The number of H-pyrrole nitrogens is 1. The van der Waals surface area contributed by atoms with Gasteiger partial charge in [0.15, 0.2) is 6.23 Å². The van der Waals surface area contributed by atoms with Crippen LogP contribution >= 0.6 is 0 Å². The number of carboxylic acids is 1. The molecule has 0 aliphatic carbocycles. The lowest BCUT2D eigenvalue weighted by Crippen LogP contribution is -2.38. The second kappa shape index (κ2) is 9.30. The fourth-order valence-electron chi connectivity index (χ4n) is 2.95. The average molecular weight is 426 g/mol. The number of aliphatic hydroxyl groups excluding tert-OH is 3. The van der Waals surface area contributed by atoms with E-state index < -0.39 is 54.2 Å². The van der Waals surface area contributed by atoms with E-state index in [2.05, 4.69) is 0 Å². The molecule has 3 rings (SSSR count). The smallest absolute Gasteiger partial charge is 0.335 e. The van der Waals surface area contributed by atoms with Gasteiger partial charge in [0, 0.05) is 0 Å². The number of hydrogen-bond donors (Lipinski definition) is 5. The van der Waals surface area contributed by atoms with Crippen molar-refractivity contribution >= 4 is 5.97 Å². The van der Waals surface area contributed by atoms with E-state index in [1.807, 2.05) is 26.8 Å². The van der Waals surface area contributed by atoms with Crippen LogP contribution in [0.25, 0.3) is 0 Å². The van der Waals surface area contributed by atoms with E-state index in [9.17, 15) is 29.0 Å². The van der Waals surface area contributed by atoms with Crippen LogP contribution in [0.3, 0.4) is 0 Å². The van der Waals surface area contributed by atoms with E-state index in [0.29, 0.717) is 16.3 Å². The van der Waals surface area contributed by atoms with Crippen LogP contribution in [0, 0.1) is 26.6 Å². The Hall–Kier alpha value is -2.86. The van der Waals surface area contributed by atoms with Gasteiger partial charge in [-0.05, 0) is 43.5 Å². The zero-order valence-electron chi connectivity index (χ0n) is 16.5. The van der Waals surface area contributed by atoms with E-state index in [0.717, 1.165) is 16.7 Å². The maximum atomic E-state index is 13.1. The van der Waals surface area contributed by atoms with E-state index in [1.165, 1.54) is 0 Å². The molecule has 1 fully saturated rings. The number of aromatic nitrogens is 2. The molecule has 0 unspecified atom stereocenters. The molecule has 0 bridgehead atoms. The first-order valence-corrected chi connectivity index (χ1v) is 8.93. The molecular weight excluding hydrogens is 403 g/mol. The van der Waals surface area contributed by atoms with Crippen LogP contribution in [-0.4, -0.2) is 60.9 Å². The van der Waals surface area contributed by atoms with Crippen molar-refractivity contribution in [1.82, 2.24) is 9.55 Å². The summed E-state index contributed by atoms with van der Waals surface area (Å²) in [5.74, 6) is -2.08. The highest BCUT2D eigenvalue weighted by atomic mass is 19.1. The van der Waals surface area contributed by atoms with E-state index in [4.69, 9.17) is 14.9 Å². The molecule has 30 heavy (non-hydrogen) atoms. The molecule has 0 saturated carbocycles. The van der Waals surface area contributed by atoms with Crippen molar-refractivity contribution in [2.45, 2.75) is 45.3 Å². The molecule has 4 atom stereocenters. The Morgan fingerprint density at radius 1 is 1.17 bits per heavy atom. The Morgan fingerprint density at radius 2 is 1.80 bits per heavy atom. The first-order valence-electron chi connectivity index (χ1n) is 8.93. The molecule has 11 heteroatoms. The fourth-order valence-corrected chi connectivity index (χ4v) is 2.95. The molecule has 0 radical (unpaired) electrons. The third-order valence-electron chi connectivity index (χ3n) is 5.00. The van der Waals surface area contributed by atoms with E-state index >= 15 is 0 Å². The summed E-state index contributed by atoms with van der Waals surface area (Å²) in [6, 6.07) is 3.49. The second-order valence-electron chi connectivity index (χ2n) is 6.86. The summed E-state index contributed by atoms with van der Waals surface area (Å²) in [4.78, 5) is 34.6. The highest BCUT2D eigenvalue weighted by molar-refractivity contribution is 5.89. The molecule has 2 heterocycles. The van der Waals surface area contributed by atoms with Gasteiger partial charge in [0.2, 0.25) is 5.82 Å². The van der Waals surface area contributed by atoms with Crippen LogP contribution in [-0.2, 0) is 4.74 Å². The third kappa shape index (κ3) is 4.65. The summed E-state index contributed by atoms with van der Waals surface area (Å²) in [7, 11) is 0. The van der Waals surface area contributed by atoms with Crippen LogP contribution in [0.4, 0.5) is 4.39 Å². The molecule has 1 aromatic heterocycles. The number of carbonyl (C=O) groups is 1. The highest BCUT2D eigenvalue weighted by Gasteiger charge is 2.43. The monoisotopic (exact) mass is 426 g/mol. The summed E-state index contributed by atoms with van der Waals surface area (Å²) in [6.07, 6.45) is -4.84. The van der Waals surface area contributed by atoms with Crippen molar-refractivity contribution in [2.24, 2.45) is 0 Å². The number of carboxylic acid groups (broad SMARTS) is 1. The normalized spacial score (nSPS) is 23.0. The minimum Gasteiger partial charge on any atom is -0.478 e. The molecule has 164 valence electrons. The number of hydrogen-bond acceptors (Lipinski definition) is 7. The maximum absolute atomic E-state index is 13.1. The van der Waals surface area contributed by atoms with Gasteiger partial charge in [0.25, 0.3) is 5.56 Å². The zero-order valence-corrected chi connectivity index (χ0v) is 16.5.